The third-order valence-corrected chi connectivity index (χ3v) is 3.83. The summed E-state index contributed by atoms with van der Waals surface area (Å²) < 4.78 is 4.30. The van der Waals surface area contributed by atoms with Gasteiger partial charge in [-0.3, -0.25) is 0 Å². The van der Waals surface area contributed by atoms with E-state index in [1.165, 1.54) is 11.5 Å². The molecule has 0 aliphatic rings. The van der Waals surface area contributed by atoms with E-state index in [2.05, 4.69) is 28.5 Å². The van der Waals surface area contributed by atoms with E-state index >= 15 is 0 Å². The van der Waals surface area contributed by atoms with Crippen molar-refractivity contribution in [1.82, 2.24) is 9.36 Å². The van der Waals surface area contributed by atoms with E-state index in [4.69, 9.17) is 0 Å². The maximum Gasteiger partial charge on any atom is 0.202 e. The fourth-order valence-electron chi connectivity index (χ4n) is 1.85. The van der Waals surface area contributed by atoms with Gasteiger partial charge in [-0.25, -0.2) is 4.98 Å². The highest BCUT2D eigenvalue weighted by Crippen LogP contribution is 2.19. The van der Waals surface area contributed by atoms with Crippen LogP contribution in [0.3, 0.4) is 0 Å². The lowest BCUT2D eigenvalue weighted by molar-refractivity contribution is 0.158. The number of nitrogens with one attached hydrogen (secondary N) is 1. The van der Waals surface area contributed by atoms with Crippen molar-refractivity contribution in [1.29, 1.82) is 0 Å². The Balaban J connectivity index is 1.91. The Morgan fingerprint density at radius 2 is 1.90 bits per heavy atom. The lowest BCUT2D eigenvalue weighted by Crippen LogP contribution is -2.32. The topological polar surface area (TPSA) is 58.0 Å². The summed E-state index contributed by atoms with van der Waals surface area (Å²) in [6.45, 7) is 6.10. The largest absolute Gasteiger partial charge is 0.391 e. The van der Waals surface area contributed by atoms with Crippen molar-refractivity contribution < 1.29 is 5.11 Å². The van der Waals surface area contributed by atoms with Crippen LogP contribution in [-0.2, 0) is 6.42 Å². The molecule has 2 atom stereocenters. The van der Waals surface area contributed by atoms with Gasteiger partial charge in [0.25, 0.3) is 0 Å². The normalized spacial score (nSPS) is 14.2. The molecule has 0 saturated heterocycles. The summed E-state index contributed by atoms with van der Waals surface area (Å²) in [4.78, 5) is 4.42. The zero-order chi connectivity index (χ0) is 14.5. The van der Waals surface area contributed by atoms with Crippen LogP contribution < -0.4 is 5.32 Å². The summed E-state index contributed by atoms with van der Waals surface area (Å²) in [5.74, 6) is 1.17. The van der Waals surface area contributed by atoms with E-state index in [1.807, 2.05) is 37.3 Å². The fourth-order valence-corrected chi connectivity index (χ4v) is 2.66. The third kappa shape index (κ3) is 4.02. The first-order valence-electron chi connectivity index (χ1n) is 6.88. The Bertz CT molecular complexity index is 527. The van der Waals surface area contributed by atoms with Gasteiger partial charge in [-0.1, -0.05) is 44.2 Å². The lowest BCUT2D eigenvalue weighted by Gasteiger charge is -2.19. The number of aromatic nitrogens is 2. The molecule has 0 aliphatic carbocycles. The molecule has 2 aromatic rings. The first-order valence-corrected chi connectivity index (χ1v) is 7.65. The predicted molar refractivity (Wildman–Crippen MR) is 83.2 cm³/mol. The van der Waals surface area contributed by atoms with Crippen molar-refractivity contribution >= 4 is 16.7 Å². The molecule has 1 aromatic heterocycles. The third-order valence-electron chi connectivity index (χ3n) is 3.17. The van der Waals surface area contributed by atoms with Gasteiger partial charge in [0.1, 0.15) is 5.82 Å². The molecule has 1 aromatic carbocycles. The lowest BCUT2D eigenvalue weighted by atomic mass is 10.0. The number of anilines is 1. The van der Waals surface area contributed by atoms with Gasteiger partial charge in [0.05, 0.1) is 12.1 Å². The predicted octanol–water partition coefficient (Wildman–Crippen LogP) is 3.07. The molecule has 108 valence electrons. The van der Waals surface area contributed by atoms with Crippen LogP contribution in [0.5, 0.6) is 0 Å². The van der Waals surface area contributed by atoms with E-state index in [1.54, 1.807) is 0 Å². The average molecular weight is 291 g/mol. The summed E-state index contributed by atoms with van der Waals surface area (Å²) in [7, 11) is 0. The number of rotatable bonds is 6. The molecule has 0 spiro atoms. The van der Waals surface area contributed by atoms with Crippen molar-refractivity contribution in [3.8, 4) is 0 Å². The van der Waals surface area contributed by atoms with Crippen LogP contribution in [0.25, 0.3) is 0 Å². The summed E-state index contributed by atoms with van der Waals surface area (Å²) >= 11 is 1.35. The van der Waals surface area contributed by atoms with Gasteiger partial charge in [0, 0.05) is 23.9 Å². The van der Waals surface area contributed by atoms with Crippen LogP contribution in [0.2, 0.25) is 0 Å². The summed E-state index contributed by atoms with van der Waals surface area (Å²) in [6, 6.07) is 9.93. The average Bonchev–Trinajstić information content (AvgIpc) is 2.88. The molecular weight excluding hydrogens is 270 g/mol. The number of hydrogen-bond donors (Lipinski definition) is 2. The number of aliphatic hydroxyl groups is 1. The van der Waals surface area contributed by atoms with Crippen LogP contribution in [0.15, 0.2) is 30.3 Å². The molecule has 0 fully saturated rings. The van der Waals surface area contributed by atoms with E-state index in [9.17, 15) is 5.11 Å². The smallest absolute Gasteiger partial charge is 0.202 e. The fraction of sp³-hybridized carbons (Fsp3) is 0.467. The molecule has 2 unspecified atom stereocenters. The first-order chi connectivity index (χ1) is 9.56. The van der Waals surface area contributed by atoms with E-state index in [0.717, 1.165) is 16.5 Å². The molecule has 2 rings (SSSR count). The van der Waals surface area contributed by atoms with Crippen molar-refractivity contribution in [2.24, 2.45) is 0 Å². The number of nitrogens with zero attached hydrogens (tertiary/aromatic N) is 2. The maximum absolute atomic E-state index is 10.2. The number of benzene rings is 1. The Kier molecular flexibility index (Phi) is 5.09. The summed E-state index contributed by atoms with van der Waals surface area (Å²) in [6.07, 6.45) is 0.175. The van der Waals surface area contributed by atoms with Crippen molar-refractivity contribution in [3.05, 3.63) is 41.7 Å². The molecule has 0 saturated carbocycles. The minimum absolute atomic E-state index is 0.0665. The second-order valence-corrected chi connectivity index (χ2v) is 6.05. The quantitative estimate of drug-likeness (QED) is 0.859. The number of aliphatic hydroxyl groups excluding tert-OH is 1. The van der Waals surface area contributed by atoms with Crippen molar-refractivity contribution in [3.63, 3.8) is 0 Å². The highest BCUT2D eigenvalue weighted by molar-refractivity contribution is 7.09. The Morgan fingerprint density at radius 1 is 1.20 bits per heavy atom. The highest BCUT2D eigenvalue weighted by Gasteiger charge is 2.17. The van der Waals surface area contributed by atoms with Crippen molar-refractivity contribution in [2.75, 3.05) is 5.32 Å². The van der Waals surface area contributed by atoms with Crippen LogP contribution in [0.1, 0.15) is 38.1 Å². The van der Waals surface area contributed by atoms with Crippen LogP contribution in [-0.4, -0.2) is 26.6 Å². The highest BCUT2D eigenvalue weighted by atomic mass is 32.1. The van der Waals surface area contributed by atoms with Gasteiger partial charge in [-0.05, 0) is 12.5 Å². The molecule has 0 aliphatic heterocycles. The van der Waals surface area contributed by atoms with Crippen LogP contribution in [0.4, 0.5) is 5.13 Å². The minimum Gasteiger partial charge on any atom is -0.391 e. The SMILES string of the molecule is CC(C)c1nsc(NC(C)C(O)Cc2ccccc2)n1. The Labute approximate surface area is 124 Å². The molecule has 0 radical (unpaired) electrons. The van der Waals surface area contributed by atoms with E-state index < -0.39 is 6.10 Å². The van der Waals surface area contributed by atoms with Crippen LogP contribution >= 0.6 is 11.5 Å². The molecule has 20 heavy (non-hydrogen) atoms. The Morgan fingerprint density at radius 3 is 2.50 bits per heavy atom. The molecule has 0 amide bonds. The summed E-state index contributed by atoms with van der Waals surface area (Å²) in [5.41, 5.74) is 1.13. The van der Waals surface area contributed by atoms with E-state index in [-0.39, 0.29) is 6.04 Å². The molecule has 4 nitrogen and oxygen atoms in total. The molecular formula is C15H21N3OS. The first kappa shape index (κ1) is 14.9. The van der Waals surface area contributed by atoms with Gasteiger partial charge in [0.2, 0.25) is 5.13 Å². The zero-order valence-corrected chi connectivity index (χ0v) is 12.9. The van der Waals surface area contributed by atoms with Gasteiger partial charge < -0.3 is 10.4 Å². The van der Waals surface area contributed by atoms with Crippen LogP contribution in [0, 0.1) is 0 Å². The molecule has 1 heterocycles. The molecule has 5 heteroatoms. The zero-order valence-electron chi connectivity index (χ0n) is 12.1. The summed E-state index contributed by atoms with van der Waals surface area (Å²) in [5, 5.41) is 14.2. The minimum atomic E-state index is -0.455. The molecule has 0 bridgehead atoms. The van der Waals surface area contributed by atoms with Crippen molar-refractivity contribution in [2.45, 2.75) is 45.3 Å². The molecule has 2 N–H and O–H groups in total. The van der Waals surface area contributed by atoms with Gasteiger partial charge in [-0.15, -0.1) is 0 Å². The maximum atomic E-state index is 10.2. The van der Waals surface area contributed by atoms with Gasteiger partial charge in [0.15, 0.2) is 0 Å². The standard InChI is InChI=1S/C15H21N3OS/c1-10(2)14-17-15(20-18-14)16-11(3)13(19)9-12-7-5-4-6-8-12/h4-8,10-11,13,19H,9H2,1-3H3,(H,16,17,18). The monoisotopic (exact) mass is 291 g/mol. The number of hydrogen-bond acceptors (Lipinski definition) is 5. The second-order valence-electron chi connectivity index (χ2n) is 5.30. The second kappa shape index (κ2) is 6.81. The van der Waals surface area contributed by atoms with Gasteiger partial charge >= 0.3 is 0 Å². The van der Waals surface area contributed by atoms with E-state index in [0.29, 0.717) is 12.3 Å². The Hall–Kier alpha value is -1.46. The van der Waals surface area contributed by atoms with Gasteiger partial charge in [-0.2, -0.15) is 4.37 Å².